The maximum Gasteiger partial charge on any atom is 0.151 e. The minimum absolute atomic E-state index is 0.287. The molecule has 1 N–H and O–H groups in total. The molecule has 1 unspecified atom stereocenters. The molecule has 4 heteroatoms. The van der Waals surface area contributed by atoms with Crippen molar-refractivity contribution in [2.45, 2.75) is 58.4 Å². The van der Waals surface area contributed by atoms with Crippen molar-refractivity contribution in [2.24, 2.45) is 5.92 Å². The molecule has 0 spiro atoms. The van der Waals surface area contributed by atoms with E-state index >= 15 is 0 Å². The molecule has 0 radical (unpaired) electrons. The lowest BCUT2D eigenvalue weighted by molar-refractivity contribution is 0.380. The molecule has 17 heavy (non-hydrogen) atoms. The second-order valence-corrected chi connectivity index (χ2v) is 7.65. The third-order valence-corrected chi connectivity index (χ3v) is 5.59. The second kappa shape index (κ2) is 7.37. The lowest BCUT2D eigenvalue weighted by Gasteiger charge is -2.22. The first-order chi connectivity index (χ1) is 8.03. The first-order valence-corrected chi connectivity index (χ1v) is 8.79. The number of rotatable bonds is 7. The Balaban J connectivity index is 2.20. The quantitative estimate of drug-likeness (QED) is 0.765. The normalized spacial score (nSPS) is 20.4. The number of nitrogens with one attached hydrogen (secondary N) is 1. The highest BCUT2D eigenvalue weighted by Gasteiger charge is 2.16. The standard InChI is InChI=1S/C13H27NO2S/c1-3-12(2)11-17(15,16)10-9-14-13-7-5-4-6-8-13/h12-14H,3-11H2,1-2H3. The Morgan fingerprint density at radius 3 is 2.47 bits per heavy atom. The summed E-state index contributed by atoms with van der Waals surface area (Å²) in [5, 5.41) is 3.39. The van der Waals surface area contributed by atoms with Gasteiger partial charge < -0.3 is 5.32 Å². The van der Waals surface area contributed by atoms with Crippen molar-refractivity contribution >= 4 is 9.84 Å². The van der Waals surface area contributed by atoms with E-state index in [1.807, 2.05) is 13.8 Å². The summed E-state index contributed by atoms with van der Waals surface area (Å²) < 4.78 is 23.6. The predicted octanol–water partition coefficient (Wildman–Crippen LogP) is 2.37. The summed E-state index contributed by atoms with van der Waals surface area (Å²) in [6.45, 7) is 4.68. The molecule has 1 aliphatic carbocycles. The van der Waals surface area contributed by atoms with Crippen molar-refractivity contribution < 1.29 is 8.42 Å². The van der Waals surface area contributed by atoms with E-state index in [0.29, 0.717) is 24.1 Å². The van der Waals surface area contributed by atoms with Crippen LogP contribution in [0.4, 0.5) is 0 Å². The van der Waals surface area contributed by atoms with Crippen LogP contribution in [0, 0.1) is 5.92 Å². The largest absolute Gasteiger partial charge is 0.313 e. The van der Waals surface area contributed by atoms with Crippen molar-refractivity contribution in [1.29, 1.82) is 0 Å². The summed E-state index contributed by atoms with van der Waals surface area (Å²) in [7, 11) is -2.86. The Labute approximate surface area is 106 Å². The molecule has 0 aromatic rings. The molecule has 1 saturated carbocycles. The molecule has 102 valence electrons. The summed E-state index contributed by atoms with van der Waals surface area (Å²) in [5.41, 5.74) is 0. The van der Waals surface area contributed by atoms with Gasteiger partial charge in [0.05, 0.1) is 11.5 Å². The van der Waals surface area contributed by atoms with Crippen LogP contribution < -0.4 is 5.32 Å². The van der Waals surface area contributed by atoms with Crippen LogP contribution in [0.1, 0.15) is 52.4 Å². The van der Waals surface area contributed by atoms with Gasteiger partial charge >= 0.3 is 0 Å². The van der Waals surface area contributed by atoms with Crippen LogP contribution in [0.3, 0.4) is 0 Å². The third-order valence-electron chi connectivity index (χ3n) is 3.69. The van der Waals surface area contributed by atoms with E-state index in [0.717, 1.165) is 6.42 Å². The average molecular weight is 261 g/mol. The molecular weight excluding hydrogens is 234 g/mol. The SMILES string of the molecule is CCC(C)CS(=O)(=O)CCNC1CCCCC1. The van der Waals surface area contributed by atoms with Crippen molar-refractivity contribution in [2.75, 3.05) is 18.1 Å². The topological polar surface area (TPSA) is 46.2 Å². The van der Waals surface area contributed by atoms with Gasteiger partial charge in [-0.25, -0.2) is 8.42 Å². The number of hydrogen-bond acceptors (Lipinski definition) is 3. The maximum absolute atomic E-state index is 11.8. The van der Waals surface area contributed by atoms with Crippen molar-refractivity contribution in [3.8, 4) is 0 Å². The van der Waals surface area contributed by atoms with E-state index in [2.05, 4.69) is 5.32 Å². The van der Waals surface area contributed by atoms with E-state index < -0.39 is 9.84 Å². The highest BCUT2D eigenvalue weighted by atomic mass is 32.2. The summed E-state index contributed by atoms with van der Waals surface area (Å²) in [6.07, 6.45) is 7.28. The molecule has 1 rings (SSSR count). The van der Waals surface area contributed by atoms with Crippen LogP contribution in [0.25, 0.3) is 0 Å². The Kier molecular flexibility index (Phi) is 6.49. The molecular formula is C13H27NO2S. The Morgan fingerprint density at radius 1 is 1.24 bits per heavy atom. The highest BCUT2D eigenvalue weighted by Crippen LogP contribution is 2.17. The van der Waals surface area contributed by atoms with Crippen molar-refractivity contribution in [1.82, 2.24) is 5.32 Å². The van der Waals surface area contributed by atoms with Crippen molar-refractivity contribution in [3.05, 3.63) is 0 Å². The van der Waals surface area contributed by atoms with Crippen LogP contribution in [-0.4, -0.2) is 32.5 Å². The van der Waals surface area contributed by atoms with Crippen LogP contribution >= 0.6 is 0 Å². The Bertz CT molecular complexity index is 295. The van der Waals surface area contributed by atoms with Crippen LogP contribution in [0.2, 0.25) is 0 Å². The van der Waals surface area contributed by atoms with Gasteiger partial charge in [-0.15, -0.1) is 0 Å². The minimum atomic E-state index is -2.86. The molecule has 0 aromatic carbocycles. The van der Waals surface area contributed by atoms with E-state index in [1.54, 1.807) is 0 Å². The fraction of sp³-hybridized carbons (Fsp3) is 1.00. The zero-order valence-corrected chi connectivity index (χ0v) is 12.1. The first kappa shape index (κ1) is 15.0. The molecule has 3 nitrogen and oxygen atoms in total. The molecule has 0 bridgehead atoms. The highest BCUT2D eigenvalue weighted by molar-refractivity contribution is 7.91. The molecule has 0 saturated heterocycles. The van der Waals surface area contributed by atoms with Gasteiger partial charge in [0.15, 0.2) is 9.84 Å². The third kappa shape index (κ3) is 6.41. The monoisotopic (exact) mass is 261 g/mol. The molecule has 1 fully saturated rings. The Morgan fingerprint density at radius 2 is 1.88 bits per heavy atom. The lowest BCUT2D eigenvalue weighted by atomic mass is 9.96. The Hall–Kier alpha value is -0.0900. The summed E-state index contributed by atoms with van der Waals surface area (Å²) >= 11 is 0. The van der Waals surface area contributed by atoms with Gasteiger partial charge in [-0.3, -0.25) is 0 Å². The van der Waals surface area contributed by atoms with E-state index in [-0.39, 0.29) is 5.92 Å². The van der Waals surface area contributed by atoms with Crippen LogP contribution in [-0.2, 0) is 9.84 Å². The smallest absolute Gasteiger partial charge is 0.151 e. The van der Waals surface area contributed by atoms with Gasteiger partial charge in [-0.1, -0.05) is 39.5 Å². The van der Waals surface area contributed by atoms with Gasteiger partial charge in [0.25, 0.3) is 0 Å². The van der Waals surface area contributed by atoms with Crippen LogP contribution in [0.15, 0.2) is 0 Å². The average Bonchev–Trinajstić information content (AvgIpc) is 2.29. The number of hydrogen-bond donors (Lipinski definition) is 1. The van der Waals surface area contributed by atoms with Gasteiger partial charge in [-0.2, -0.15) is 0 Å². The molecule has 0 amide bonds. The van der Waals surface area contributed by atoms with E-state index in [9.17, 15) is 8.42 Å². The molecule has 1 aliphatic rings. The fourth-order valence-electron chi connectivity index (χ4n) is 2.36. The number of sulfone groups is 1. The summed E-state index contributed by atoms with van der Waals surface area (Å²) in [4.78, 5) is 0. The zero-order chi connectivity index (χ0) is 12.7. The zero-order valence-electron chi connectivity index (χ0n) is 11.2. The lowest BCUT2D eigenvalue weighted by Crippen LogP contribution is -2.35. The minimum Gasteiger partial charge on any atom is -0.313 e. The van der Waals surface area contributed by atoms with E-state index in [4.69, 9.17) is 0 Å². The van der Waals surface area contributed by atoms with Crippen molar-refractivity contribution in [3.63, 3.8) is 0 Å². The fourth-order valence-corrected chi connectivity index (χ4v) is 4.06. The van der Waals surface area contributed by atoms with Gasteiger partial charge in [0, 0.05) is 12.6 Å². The molecule has 1 atom stereocenters. The summed E-state index contributed by atoms with van der Waals surface area (Å²) in [6, 6.07) is 0.558. The van der Waals surface area contributed by atoms with Gasteiger partial charge in [-0.05, 0) is 18.8 Å². The van der Waals surface area contributed by atoms with Crippen LogP contribution in [0.5, 0.6) is 0 Å². The van der Waals surface area contributed by atoms with Gasteiger partial charge in [0.2, 0.25) is 0 Å². The van der Waals surface area contributed by atoms with Gasteiger partial charge in [0.1, 0.15) is 0 Å². The second-order valence-electron chi connectivity index (χ2n) is 5.42. The molecule has 0 heterocycles. The molecule has 0 aromatic heterocycles. The first-order valence-electron chi connectivity index (χ1n) is 6.97. The predicted molar refractivity (Wildman–Crippen MR) is 73.0 cm³/mol. The summed E-state index contributed by atoms with van der Waals surface area (Å²) in [5.74, 6) is 0.929. The maximum atomic E-state index is 11.8. The molecule has 0 aliphatic heterocycles. The van der Waals surface area contributed by atoms with E-state index in [1.165, 1.54) is 32.1 Å².